The first-order chi connectivity index (χ1) is 9.58. The van der Waals surface area contributed by atoms with E-state index in [9.17, 15) is 4.79 Å². The molecule has 2 aromatic rings. The van der Waals surface area contributed by atoms with Crippen LogP contribution in [0.25, 0.3) is 0 Å². The third-order valence-corrected chi connectivity index (χ3v) is 3.70. The molecule has 0 saturated carbocycles. The van der Waals surface area contributed by atoms with Gasteiger partial charge in [-0.05, 0) is 30.2 Å². The number of hydrogen-bond acceptors (Lipinski definition) is 2. The van der Waals surface area contributed by atoms with Crippen molar-refractivity contribution in [2.75, 3.05) is 0 Å². The Hall–Kier alpha value is -1.65. The summed E-state index contributed by atoms with van der Waals surface area (Å²) in [6.45, 7) is 1.94. The first-order valence-electron chi connectivity index (χ1n) is 6.44. The van der Waals surface area contributed by atoms with Crippen LogP contribution in [0.1, 0.15) is 30.1 Å². The molecule has 0 fully saturated rings. The van der Waals surface area contributed by atoms with Gasteiger partial charge in [-0.25, -0.2) is 0 Å². The number of nitrogens with two attached hydrogens (primary N) is 1. The van der Waals surface area contributed by atoms with Gasteiger partial charge in [0.2, 0.25) is 5.91 Å². The lowest BCUT2D eigenvalue weighted by Crippen LogP contribution is -2.35. The summed E-state index contributed by atoms with van der Waals surface area (Å²) in [6, 6.07) is 16.5. The van der Waals surface area contributed by atoms with E-state index >= 15 is 0 Å². The number of carbonyl (C=O) groups excluding carboxylic acids is 1. The molecule has 0 bridgehead atoms. The van der Waals surface area contributed by atoms with Crippen molar-refractivity contribution >= 4 is 21.8 Å². The molecule has 2 atom stereocenters. The second kappa shape index (κ2) is 6.68. The standard InChI is InChI=1S/C16H17BrN2O/c1-11(12-7-9-14(17)10-8-12)19-16(20)15(18)13-5-3-2-4-6-13/h2-11,15H,18H2,1H3,(H,19,20)/t11-,15-/m0/s1. The molecule has 2 rings (SSSR count). The average molecular weight is 333 g/mol. The maximum Gasteiger partial charge on any atom is 0.241 e. The molecule has 1 amide bonds. The number of nitrogens with one attached hydrogen (secondary N) is 1. The van der Waals surface area contributed by atoms with Gasteiger partial charge in [0, 0.05) is 4.47 Å². The number of hydrogen-bond donors (Lipinski definition) is 2. The van der Waals surface area contributed by atoms with Crippen LogP contribution >= 0.6 is 15.9 Å². The van der Waals surface area contributed by atoms with Crippen LogP contribution in [-0.4, -0.2) is 5.91 Å². The second-order valence-electron chi connectivity index (χ2n) is 4.67. The molecule has 0 aromatic heterocycles. The highest BCUT2D eigenvalue weighted by Gasteiger charge is 2.17. The Morgan fingerprint density at radius 1 is 1.05 bits per heavy atom. The average Bonchev–Trinajstić information content (AvgIpc) is 2.48. The van der Waals surface area contributed by atoms with E-state index < -0.39 is 6.04 Å². The topological polar surface area (TPSA) is 55.1 Å². The highest BCUT2D eigenvalue weighted by molar-refractivity contribution is 9.10. The Bertz CT molecular complexity index is 569. The van der Waals surface area contributed by atoms with Gasteiger partial charge in [-0.3, -0.25) is 4.79 Å². The van der Waals surface area contributed by atoms with Gasteiger partial charge in [0.1, 0.15) is 6.04 Å². The maximum absolute atomic E-state index is 12.1. The lowest BCUT2D eigenvalue weighted by atomic mass is 10.1. The van der Waals surface area contributed by atoms with Gasteiger partial charge < -0.3 is 11.1 Å². The second-order valence-corrected chi connectivity index (χ2v) is 5.59. The molecule has 20 heavy (non-hydrogen) atoms. The largest absolute Gasteiger partial charge is 0.348 e. The van der Waals surface area contributed by atoms with Crippen molar-refractivity contribution in [2.24, 2.45) is 5.73 Å². The van der Waals surface area contributed by atoms with E-state index in [0.717, 1.165) is 15.6 Å². The van der Waals surface area contributed by atoms with Crippen molar-refractivity contribution in [1.29, 1.82) is 0 Å². The molecule has 4 heteroatoms. The zero-order valence-electron chi connectivity index (χ0n) is 11.2. The normalized spacial score (nSPS) is 13.6. The van der Waals surface area contributed by atoms with Crippen molar-refractivity contribution in [3.63, 3.8) is 0 Å². The van der Waals surface area contributed by atoms with Crippen molar-refractivity contribution < 1.29 is 4.79 Å². The molecular weight excluding hydrogens is 316 g/mol. The monoisotopic (exact) mass is 332 g/mol. The summed E-state index contributed by atoms with van der Waals surface area (Å²) < 4.78 is 1.01. The van der Waals surface area contributed by atoms with Crippen LogP contribution < -0.4 is 11.1 Å². The van der Waals surface area contributed by atoms with Gasteiger partial charge in [-0.15, -0.1) is 0 Å². The van der Waals surface area contributed by atoms with E-state index in [1.165, 1.54) is 0 Å². The molecule has 2 aromatic carbocycles. The van der Waals surface area contributed by atoms with Gasteiger partial charge in [-0.2, -0.15) is 0 Å². The molecule has 0 radical (unpaired) electrons. The first-order valence-corrected chi connectivity index (χ1v) is 7.23. The van der Waals surface area contributed by atoms with Crippen molar-refractivity contribution in [1.82, 2.24) is 5.32 Å². The summed E-state index contributed by atoms with van der Waals surface area (Å²) in [4.78, 5) is 12.1. The maximum atomic E-state index is 12.1. The molecule has 0 aliphatic heterocycles. The van der Waals surface area contributed by atoms with E-state index in [-0.39, 0.29) is 11.9 Å². The zero-order chi connectivity index (χ0) is 14.5. The number of halogens is 1. The Morgan fingerprint density at radius 2 is 1.65 bits per heavy atom. The fourth-order valence-corrected chi connectivity index (χ4v) is 2.21. The Kier molecular flexibility index (Phi) is 4.93. The number of amides is 1. The fourth-order valence-electron chi connectivity index (χ4n) is 1.95. The summed E-state index contributed by atoms with van der Waals surface area (Å²) in [6.07, 6.45) is 0. The Labute approximate surface area is 127 Å². The number of rotatable bonds is 4. The van der Waals surface area contributed by atoms with Crippen LogP contribution in [0.3, 0.4) is 0 Å². The summed E-state index contributed by atoms with van der Waals surface area (Å²) in [5.74, 6) is -0.174. The minimum atomic E-state index is -0.644. The SMILES string of the molecule is C[C@H](NC(=O)[C@@H](N)c1ccccc1)c1ccc(Br)cc1. The number of carbonyl (C=O) groups is 1. The third-order valence-electron chi connectivity index (χ3n) is 3.17. The molecular formula is C16H17BrN2O. The molecule has 0 saturated heterocycles. The molecule has 3 nitrogen and oxygen atoms in total. The number of benzene rings is 2. The van der Waals surface area contributed by atoms with Gasteiger partial charge in [0.25, 0.3) is 0 Å². The Balaban J connectivity index is 2.02. The quantitative estimate of drug-likeness (QED) is 0.902. The third kappa shape index (κ3) is 3.68. The van der Waals surface area contributed by atoms with Crippen LogP contribution in [0.2, 0.25) is 0 Å². The fraction of sp³-hybridized carbons (Fsp3) is 0.188. The minimum absolute atomic E-state index is 0.0784. The molecule has 0 spiro atoms. The molecule has 0 unspecified atom stereocenters. The highest BCUT2D eigenvalue weighted by Crippen LogP contribution is 2.18. The van der Waals surface area contributed by atoms with E-state index in [4.69, 9.17) is 5.73 Å². The molecule has 0 heterocycles. The van der Waals surface area contributed by atoms with Crippen LogP contribution in [-0.2, 0) is 4.79 Å². The van der Waals surface area contributed by atoms with E-state index in [0.29, 0.717) is 0 Å². The predicted octanol–water partition coefficient (Wildman–Crippen LogP) is 3.33. The predicted molar refractivity (Wildman–Crippen MR) is 84.1 cm³/mol. The van der Waals surface area contributed by atoms with E-state index in [1.54, 1.807) is 0 Å². The summed E-state index contributed by atoms with van der Waals surface area (Å²) >= 11 is 3.39. The van der Waals surface area contributed by atoms with Crippen LogP contribution in [0.5, 0.6) is 0 Å². The van der Waals surface area contributed by atoms with Crippen molar-refractivity contribution in [2.45, 2.75) is 19.0 Å². The van der Waals surface area contributed by atoms with Crippen LogP contribution in [0.15, 0.2) is 59.1 Å². The van der Waals surface area contributed by atoms with E-state index in [1.807, 2.05) is 61.5 Å². The summed E-state index contributed by atoms with van der Waals surface area (Å²) in [5.41, 5.74) is 7.83. The van der Waals surface area contributed by atoms with Crippen LogP contribution in [0, 0.1) is 0 Å². The molecule has 3 N–H and O–H groups in total. The van der Waals surface area contributed by atoms with Gasteiger partial charge in [0.05, 0.1) is 6.04 Å². The lowest BCUT2D eigenvalue weighted by molar-refractivity contribution is -0.123. The molecule has 104 valence electrons. The van der Waals surface area contributed by atoms with Crippen molar-refractivity contribution in [3.05, 3.63) is 70.2 Å². The van der Waals surface area contributed by atoms with Gasteiger partial charge >= 0.3 is 0 Å². The minimum Gasteiger partial charge on any atom is -0.348 e. The van der Waals surface area contributed by atoms with Crippen LogP contribution in [0.4, 0.5) is 0 Å². The summed E-state index contributed by atoms with van der Waals surface area (Å²) in [7, 11) is 0. The van der Waals surface area contributed by atoms with E-state index in [2.05, 4.69) is 21.2 Å². The molecule has 0 aliphatic rings. The molecule has 0 aliphatic carbocycles. The smallest absolute Gasteiger partial charge is 0.241 e. The van der Waals surface area contributed by atoms with Gasteiger partial charge in [-0.1, -0.05) is 58.4 Å². The first kappa shape index (κ1) is 14.8. The summed E-state index contributed by atoms with van der Waals surface area (Å²) in [5, 5.41) is 2.93. The Morgan fingerprint density at radius 3 is 2.25 bits per heavy atom. The lowest BCUT2D eigenvalue weighted by Gasteiger charge is -2.18. The van der Waals surface area contributed by atoms with Crippen molar-refractivity contribution in [3.8, 4) is 0 Å². The van der Waals surface area contributed by atoms with Gasteiger partial charge in [0.15, 0.2) is 0 Å². The zero-order valence-corrected chi connectivity index (χ0v) is 12.8. The highest BCUT2D eigenvalue weighted by atomic mass is 79.9.